The summed E-state index contributed by atoms with van der Waals surface area (Å²) in [6.07, 6.45) is 4.12. The number of pyridine rings is 1. The average molecular weight is 302 g/mol. The predicted octanol–water partition coefficient (Wildman–Crippen LogP) is 3.09. The number of aromatic nitrogens is 3. The van der Waals surface area contributed by atoms with Crippen LogP contribution in [0.15, 0.2) is 22.9 Å². The molecule has 1 saturated heterocycles. The number of nitrogens with one attached hydrogen (secondary N) is 1. The molecule has 0 amide bonds. The maximum Gasteiger partial charge on any atom is 0.259 e. The van der Waals surface area contributed by atoms with Crippen LogP contribution in [-0.4, -0.2) is 34.9 Å². The lowest BCUT2D eigenvalue weighted by molar-refractivity contribution is 0.0595. The molecule has 6 heteroatoms. The van der Waals surface area contributed by atoms with Crippen LogP contribution in [0.2, 0.25) is 0 Å². The minimum atomic E-state index is 0.254. The van der Waals surface area contributed by atoms with E-state index in [1.807, 2.05) is 26.0 Å². The maximum absolute atomic E-state index is 5.48. The Hall–Kier alpha value is -1.95. The molecule has 3 rings (SSSR count). The molecule has 0 unspecified atom stereocenters. The number of ether oxygens (including phenoxy) is 1. The molecule has 0 radical (unpaired) electrons. The van der Waals surface area contributed by atoms with Gasteiger partial charge in [-0.25, -0.2) is 4.98 Å². The minimum absolute atomic E-state index is 0.254. The van der Waals surface area contributed by atoms with E-state index in [1.165, 1.54) is 6.42 Å². The molecular weight excluding hydrogens is 280 g/mol. The fourth-order valence-electron chi connectivity index (χ4n) is 2.43. The molecule has 2 aromatic heterocycles. The van der Waals surface area contributed by atoms with Gasteiger partial charge < -0.3 is 14.6 Å². The zero-order chi connectivity index (χ0) is 15.4. The van der Waals surface area contributed by atoms with Crippen LogP contribution < -0.4 is 5.32 Å². The normalized spacial score (nSPS) is 18.6. The Morgan fingerprint density at radius 3 is 2.91 bits per heavy atom. The SMILES string of the molecule is CC(C)c1noc(-c2ccc(NC[C@@H]3CCCOC3)nc2)n1. The monoisotopic (exact) mass is 302 g/mol. The van der Waals surface area contributed by atoms with Gasteiger partial charge in [-0.2, -0.15) is 4.98 Å². The summed E-state index contributed by atoms with van der Waals surface area (Å²) in [6, 6.07) is 3.89. The molecule has 0 aliphatic carbocycles. The highest BCUT2D eigenvalue weighted by Crippen LogP contribution is 2.20. The molecule has 118 valence electrons. The van der Waals surface area contributed by atoms with Crippen LogP contribution in [0.3, 0.4) is 0 Å². The predicted molar refractivity (Wildman–Crippen MR) is 83.7 cm³/mol. The molecule has 0 aromatic carbocycles. The first-order valence-corrected chi connectivity index (χ1v) is 7.84. The van der Waals surface area contributed by atoms with E-state index < -0.39 is 0 Å². The standard InChI is InChI=1S/C16H22N4O2/c1-11(2)15-19-16(22-20-15)13-5-6-14(18-9-13)17-8-12-4-3-7-21-10-12/h5-6,9,11-12H,3-4,7-8,10H2,1-2H3,(H,17,18)/t12-/m0/s1. The average Bonchev–Trinajstić information content (AvgIpc) is 3.05. The molecule has 0 saturated carbocycles. The number of nitrogens with zero attached hydrogens (tertiary/aromatic N) is 3. The Kier molecular flexibility index (Phi) is 4.68. The Labute approximate surface area is 130 Å². The van der Waals surface area contributed by atoms with Crippen LogP contribution in [0.4, 0.5) is 5.82 Å². The van der Waals surface area contributed by atoms with Gasteiger partial charge in [-0.05, 0) is 30.9 Å². The van der Waals surface area contributed by atoms with E-state index in [1.54, 1.807) is 6.20 Å². The third kappa shape index (κ3) is 3.62. The third-order valence-corrected chi connectivity index (χ3v) is 3.80. The first-order valence-electron chi connectivity index (χ1n) is 7.84. The summed E-state index contributed by atoms with van der Waals surface area (Å²) in [5.41, 5.74) is 0.839. The van der Waals surface area contributed by atoms with Crippen LogP contribution >= 0.6 is 0 Å². The number of hydrogen-bond donors (Lipinski definition) is 1. The van der Waals surface area contributed by atoms with Gasteiger partial charge in [0.2, 0.25) is 0 Å². The van der Waals surface area contributed by atoms with Crippen molar-refractivity contribution in [2.75, 3.05) is 25.1 Å². The number of hydrogen-bond acceptors (Lipinski definition) is 6. The van der Waals surface area contributed by atoms with Gasteiger partial charge in [0.15, 0.2) is 5.82 Å². The van der Waals surface area contributed by atoms with Crippen molar-refractivity contribution in [1.82, 2.24) is 15.1 Å². The molecule has 1 aliphatic heterocycles. The van der Waals surface area contributed by atoms with Crippen LogP contribution in [0.25, 0.3) is 11.5 Å². The molecule has 1 N–H and O–H groups in total. The van der Waals surface area contributed by atoms with E-state index in [4.69, 9.17) is 9.26 Å². The van der Waals surface area contributed by atoms with E-state index in [0.717, 1.165) is 43.4 Å². The van der Waals surface area contributed by atoms with Crippen molar-refractivity contribution in [2.24, 2.45) is 5.92 Å². The summed E-state index contributed by atoms with van der Waals surface area (Å²) >= 11 is 0. The Bertz CT molecular complexity index is 588. The van der Waals surface area contributed by atoms with Gasteiger partial charge >= 0.3 is 0 Å². The van der Waals surface area contributed by atoms with Crippen molar-refractivity contribution in [3.05, 3.63) is 24.2 Å². The van der Waals surface area contributed by atoms with Gasteiger partial charge in [0.1, 0.15) is 5.82 Å². The lowest BCUT2D eigenvalue weighted by atomic mass is 10.0. The minimum Gasteiger partial charge on any atom is -0.381 e. The Morgan fingerprint density at radius 2 is 2.27 bits per heavy atom. The van der Waals surface area contributed by atoms with Gasteiger partial charge in [-0.15, -0.1) is 0 Å². The van der Waals surface area contributed by atoms with E-state index in [2.05, 4.69) is 20.4 Å². The van der Waals surface area contributed by atoms with E-state index in [0.29, 0.717) is 11.8 Å². The second kappa shape index (κ2) is 6.87. The quantitative estimate of drug-likeness (QED) is 0.915. The zero-order valence-corrected chi connectivity index (χ0v) is 13.1. The molecule has 6 nitrogen and oxygen atoms in total. The molecule has 0 spiro atoms. The van der Waals surface area contributed by atoms with Crippen molar-refractivity contribution in [3.8, 4) is 11.5 Å². The van der Waals surface area contributed by atoms with Crippen LogP contribution in [0.1, 0.15) is 38.4 Å². The van der Waals surface area contributed by atoms with Crippen molar-refractivity contribution < 1.29 is 9.26 Å². The second-order valence-corrected chi connectivity index (χ2v) is 6.01. The summed E-state index contributed by atoms with van der Waals surface area (Å²) in [4.78, 5) is 8.79. The summed E-state index contributed by atoms with van der Waals surface area (Å²) < 4.78 is 10.7. The fraction of sp³-hybridized carbons (Fsp3) is 0.562. The van der Waals surface area contributed by atoms with Crippen molar-refractivity contribution in [2.45, 2.75) is 32.6 Å². The van der Waals surface area contributed by atoms with E-state index in [9.17, 15) is 0 Å². The molecule has 1 atom stereocenters. The zero-order valence-electron chi connectivity index (χ0n) is 13.1. The van der Waals surface area contributed by atoms with Crippen molar-refractivity contribution in [1.29, 1.82) is 0 Å². The smallest absolute Gasteiger partial charge is 0.259 e. The van der Waals surface area contributed by atoms with Gasteiger partial charge in [-0.1, -0.05) is 19.0 Å². The van der Waals surface area contributed by atoms with Gasteiger partial charge in [-0.3, -0.25) is 0 Å². The first-order chi connectivity index (χ1) is 10.7. The highest BCUT2D eigenvalue weighted by Gasteiger charge is 2.14. The number of anilines is 1. The van der Waals surface area contributed by atoms with Crippen molar-refractivity contribution in [3.63, 3.8) is 0 Å². The Morgan fingerprint density at radius 1 is 1.36 bits per heavy atom. The topological polar surface area (TPSA) is 73.1 Å². The molecular formula is C16H22N4O2. The highest BCUT2D eigenvalue weighted by molar-refractivity contribution is 5.54. The molecule has 0 bridgehead atoms. The molecule has 22 heavy (non-hydrogen) atoms. The van der Waals surface area contributed by atoms with Crippen LogP contribution in [-0.2, 0) is 4.74 Å². The van der Waals surface area contributed by atoms with Crippen LogP contribution in [0.5, 0.6) is 0 Å². The van der Waals surface area contributed by atoms with Gasteiger partial charge in [0.05, 0.1) is 12.2 Å². The molecule has 1 aliphatic rings. The lowest BCUT2D eigenvalue weighted by Crippen LogP contribution is -2.24. The fourth-order valence-corrected chi connectivity index (χ4v) is 2.43. The summed E-state index contributed by atoms with van der Waals surface area (Å²) in [6.45, 7) is 6.70. The highest BCUT2D eigenvalue weighted by atomic mass is 16.5. The summed E-state index contributed by atoms with van der Waals surface area (Å²) in [5.74, 6) is 2.92. The van der Waals surface area contributed by atoms with E-state index >= 15 is 0 Å². The molecule has 2 aromatic rings. The van der Waals surface area contributed by atoms with Gasteiger partial charge in [0.25, 0.3) is 5.89 Å². The largest absolute Gasteiger partial charge is 0.381 e. The second-order valence-electron chi connectivity index (χ2n) is 6.01. The Balaban J connectivity index is 1.59. The van der Waals surface area contributed by atoms with E-state index in [-0.39, 0.29) is 5.92 Å². The lowest BCUT2D eigenvalue weighted by Gasteiger charge is -2.22. The van der Waals surface area contributed by atoms with Crippen LogP contribution in [0, 0.1) is 5.92 Å². The maximum atomic E-state index is 5.48. The number of rotatable bonds is 5. The summed E-state index contributed by atoms with van der Waals surface area (Å²) in [5, 5.41) is 7.33. The van der Waals surface area contributed by atoms with Crippen molar-refractivity contribution >= 4 is 5.82 Å². The molecule has 3 heterocycles. The molecule has 1 fully saturated rings. The third-order valence-electron chi connectivity index (χ3n) is 3.80. The van der Waals surface area contributed by atoms with Gasteiger partial charge in [0, 0.05) is 25.3 Å². The first kappa shape index (κ1) is 15.0. The summed E-state index contributed by atoms with van der Waals surface area (Å²) in [7, 11) is 0.